The second kappa shape index (κ2) is 4.90. The number of carbonyl (C=O) groups is 2. The number of carbonyl (C=O) groups excluding carboxylic acids is 2. The van der Waals surface area contributed by atoms with E-state index in [0.717, 1.165) is 4.47 Å². The minimum atomic E-state index is -0.167. The second-order valence-electron chi connectivity index (χ2n) is 4.62. The van der Waals surface area contributed by atoms with Crippen LogP contribution in [0.5, 0.6) is 0 Å². The maximum atomic E-state index is 12.2. The molecule has 1 atom stereocenters. The van der Waals surface area contributed by atoms with Gasteiger partial charge in [-0.25, -0.2) is 0 Å². The smallest absolute Gasteiger partial charge is 0.271 e. The van der Waals surface area contributed by atoms with Crippen molar-refractivity contribution in [2.24, 2.45) is 11.8 Å². The molecule has 0 bridgehead atoms. The quantitative estimate of drug-likeness (QED) is 0.786. The Hall–Kier alpha value is -0.680. The van der Waals surface area contributed by atoms with Crippen molar-refractivity contribution < 1.29 is 9.59 Å². The summed E-state index contributed by atoms with van der Waals surface area (Å²) in [7, 11) is 0. The van der Waals surface area contributed by atoms with Crippen LogP contribution in [0.2, 0.25) is 0 Å². The highest BCUT2D eigenvalue weighted by Crippen LogP contribution is 2.29. The van der Waals surface area contributed by atoms with Crippen molar-refractivity contribution in [1.82, 2.24) is 4.90 Å². The Balaban J connectivity index is 2.17. The van der Waals surface area contributed by atoms with Crippen LogP contribution in [0.15, 0.2) is 15.9 Å². The van der Waals surface area contributed by atoms with Gasteiger partial charge in [0.25, 0.3) is 5.91 Å². The van der Waals surface area contributed by atoms with Gasteiger partial charge in [-0.05, 0) is 39.2 Å². The van der Waals surface area contributed by atoms with E-state index in [2.05, 4.69) is 29.8 Å². The fraction of sp³-hybridized carbons (Fsp3) is 0.500. The van der Waals surface area contributed by atoms with E-state index < -0.39 is 0 Å². The van der Waals surface area contributed by atoms with Crippen molar-refractivity contribution in [2.75, 3.05) is 6.54 Å². The van der Waals surface area contributed by atoms with Crippen LogP contribution in [0.3, 0.4) is 0 Å². The summed E-state index contributed by atoms with van der Waals surface area (Å²) in [6.07, 6.45) is 0.492. The largest absolute Gasteiger partial charge is 0.277 e. The van der Waals surface area contributed by atoms with E-state index in [1.807, 2.05) is 11.4 Å². The lowest BCUT2D eigenvalue weighted by molar-refractivity contribution is -0.125. The molecule has 1 saturated heterocycles. The number of imide groups is 1. The van der Waals surface area contributed by atoms with Gasteiger partial charge in [0.1, 0.15) is 4.88 Å². The van der Waals surface area contributed by atoms with Crippen LogP contribution in [0.1, 0.15) is 29.9 Å². The van der Waals surface area contributed by atoms with Crippen LogP contribution in [0, 0.1) is 11.8 Å². The molecule has 2 amide bonds. The molecule has 1 unspecified atom stereocenters. The summed E-state index contributed by atoms with van der Waals surface area (Å²) < 4.78 is 0.772. The monoisotopic (exact) mass is 315 g/mol. The van der Waals surface area contributed by atoms with E-state index >= 15 is 0 Å². The zero-order valence-corrected chi connectivity index (χ0v) is 12.2. The summed E-state index contributed by atoms with van der Waals surface area (Å²) in [6, 6.07) is 1.83. The van der Waals surface area contributed by atoms with Gasteiger partial charge in [-0.15, -0.1) is 11.3 Å². The molecule has 17 heavy (non-hydrogen) atoms. The van der Waals surface area contributed by atoms with E-state index in [0.29, 0.717) is 29.7 Å². The Morgan fingerprint density at radius 3 is 2.76 bits per heavy atom. The number of amides is 2. The standard InChI is InChI=1S/C12H14BrNO2S/c1-7(2)8-5-10(15)14(6-8)12(16)11-9(13)3-4-17-11/h3-4,7-8H,5-6H2,1-2H3. The van der Waals surface area contributed by atoms with Gasteiger partial charge in [-0.1, -0.05) is 13.8 Å². The average molecular weight is 316 g/mol. The number of likely N-dealkylation sites (tertiary alicyclic amines) is 1. The Labute approximate surface area is 113 Å². The summed E-state index contributed by atoms with van der Waals surface area (Å²) in [6.45, 7) is 4.74. The molecule has 3 nitrogen and oxygen atoms in total. The van der Waals surface area contributed by atoms with Crippen LogP contribution < -0.4 is 0 Å². The van der Waals surface area contributed by atoms with Gasteiger partial charge >= 0.3 is 0 Å². The Kier molecular flexibility index (Phi) is 3.68. The van der Waals surface area contributed by atoms with Crippen LogP contribution in [-0.2, 0) is 4.79 Å². The van der Waals surface area contributed by atoms with E-state index in [1.165, 1.54) is 16.2 Å². The van der Waals surface area contributed by atoms with Gasteiger partial charge in [0.2, 0.25) is 5.91 Å². The molecule has 1 aliphatic rings. The summed E-state index contributed by atoms with van der Waals surface area (Å²) in [5, 5.41) is 1.85. The van der Waals surface area contributed by atoms with Crippen LogP contribution in [0.4, 0.5) is 0 Å². The third-order valence-corrected chi connectivity index (χ3v) is 4.98. The van der Waals surface area contributed by atoms with Crippen molar-refractivity contribution >= 4 is 39.1 Å². The van der Waals surface area contributed by atoms with Crippen molar-refractivity contribution in [3.63, 3.8) is 0 Å². The third kappa shape index (κ3) is 2.45. The minimum absolute atomic E-state index is 0.0472. The molecule has 1 fully saturated rings. The molecule has 2 rings (SSSR count). The van der Waals surface area contributed by atoms with Gasteiger partial charge in [0.15, 0.2) is 0 Å². The molecule has 0 spiro atoms. The fourth-order valence-electron chi connectivity index (χ4n) is 1.95. The van der Waals surface area contributed by atoms with Gasteiger partial charge < -0.3 is 0 Å². The fourth-order valence-corrected chi connectivity index (χ4v) is 3.44. The van der Waals surface area contributed by atoms with E-state index in [-0.39, 0.29) is 11.8 Å². The lowest BCUT2D eigenvalue weighted by Crippen LogP contribution is -2.32. The predicted molar refractivity (Wildman–Crippen MR) is 71.0 cm³/mol. The summed E-state index contributed by atoms with van der Waals surface area (Å²) in [5.74, 6) is 0.516. The molecule has 1 aliphatic heterocycles. The molecule has 0 N–H and O–H groups in total. The van der Waals surface area contributed by atoms with Crippen LogP contribution in [0.25, 0.3) is 0 Å². The topological polar surface area (TPSA) is 37.4 Å². The number of rotatable bonds is 2. The Bertz CT molecular complexity index is 455. The summed E-state index contributed by atoms with van der Waals surface area (Å²) in [5.41, 5.74) is 0. The number of nitrogens with zero attached hydrogens (tertiary/aromatic N) is 1. The van der Waals surface area contributed by atoms with E-state index in [9.17, 15) is 9.59 Å². The van der Waals surface area contributed by atoms with Crippen molar-refractivity contribution in [2.45, 2.75) is 20.3 Å². The van der Waals surface area contributed by atoms with Gasteiger partial charge in [0.05, 0.1) is 0 Å². The Morgan fingerprint density at radius 1 is 1.59 bits per heavy atom. The molecule has 1 aromatic rings. The van der Waals surface area contributed by atoms with Crippen molar-refractivity contribution in [1.29, 1.82) is 0 Å². The highest BCUT2D eigenvalue weighted by Gasteiger charge is 2.36. The maximum Gasteiger partial charge on any atom is 0.271 e. The number of hydrogen-bond acceptors (Lipinski definition) is 3. The first-order valence-corrected chi connectivity index (χ1v) is 7.25. The number of halogens is 1. The molecule has 0 aliphatic carbocycles. The zero-order chi connectivity index (χ0) is 12.6. The second-order valence-corrected chi connectivity index (χ2v) is 6.39. The summed E-state index contributed by atoms with van der Waals surface area (Å²) >= 11 is 4.70. The molecule has 0 aromatic carbocycles. The average Bonchev–Trinajstić information content (AvgIpc) is 2.83. The lowest BCUT2D eigenvalue weighted by Gasteiger charge is -2.15. The number of hydrogen-bond donors (Lipinski definition) is 0. The molecule has 1 aromatic heterocycles. The first-order valence-electron chi connectivity index (χ1n) is 5.58. The molecule has 5 heteroatoms. The molecule has 92 valence electrons. The first-order chi connectivity index (χ1) is 8.00. The Morgan fingerprint density at radius 2 is 2.29 bits per heavy atom. The minimum Gasteiger partial charge on any atom is -0.277 e. The number of thiophene rings is 1. The molecular formula is C12H14BrNO2S. The molecule has 0 radical (unpaired) electrons. The van der Waals surface area contributed by atoms with Crippen molar-refractivity contribution in [3.8, 4) is 0 Å². The first kappa shape index (κ1) is 12.8. The lowest BCUT2D eigenvalue weighted by atomic mass is 9.95. The van der Waals surface area contributed by atoms with Crippen LogP contribution >= 0.6 is 27.3 Å². The summed E-state index contributed by atoms with van der Waals surface area (Å²) in [4.78, 5) is 26.0. The van der Waals surface area contributed by atoms with Crippen LogP contribution in [-0.4, -0.2) is 23.3 Å². The highest BCUT2D eigenvalue weighted by molar-refractivity contribution is 9.10. The zero-order valence-electron chi connectivity index (χ0n) is 9.77. The maximum absolute atomic E-state index is 12.2. The normalized spacial score (nSPS) is 20.4. The van der Waals surface area contributed by atoms with Gasteiger partial charge in [-0.3, -0.25) is 14.5 Å². The highest BCUT2D eigenvalue weighted by atomic mass is 79.9. The van der Waals surface area contributed by atoms with E-state index in [1.54, 1.807) is 0 Å². The van der Waals surface area contributed by atoms with Gasteiger partial charge in [0, 0.05) is 17.4 Å². The predicted octanol–water partition coefficient (Wildman–Crippen LogP) is 3.16. The SMILES string of the molecule is CC(C)C1CC(=O)N(C(=O)c2sccc2Br)C1. The molecule has 2 heterocycles. The molecule has 0 saturated carbocycles. The molecular weight excluding hydrogens is 302 g/mol. The van der Waals surface area contributed by atoms with Crippen molar-refractivity contribution in [3.05, 3.63) is 20.8 Å². The van der Waals surface area contributed by atoms with E-state index in [4.69, 9.17) is 0 Å². The van der Waals surface area contributed by atoms with Gasteiger partial charge in [-0.2, -0.15) is 0 Å². The third-order valence-electron chi connectivity index (χ3n) is 3.15.